The summed E-state index contributed by atoms with van der Waals surface area (Å²) in [7, 11) is 0. The van der Waals surface area contributed by atoms with Gasteiger partial charge in [0.1, 0.15) is 0 Å². The summed E-state index contributed by atoms with van der Waals surface area (Å²) >= 11 is 2.22. The van der Waals surface area contributed by atoms with E-state index in [4.69, 9.17) is 11.5 Å². The van der Waals surface area contributed by atoms with Crippen LogP contribution in [0.15, 0.2) is 0 Å². The third-order valence-electron chi connectivity index (χ3n) is 2.48. The zero-order chi connectivity index (χ0) is 11.3. The minimum absolute atomic E-state index is 0.285. The fourth-order valence-electron chi connectivity index (χ4n) is 0. The van der Waals surface area contributed by atoms with Crippen molar-refractivity contribution in [1.82, 2.24) is 0 Å². The van der Waals surface area contributed by atoms with E-state index in [1.807, 2.05) is 27.7 Å². The fraction of sp³-hybridized carbons (Fsp3) is 1.00. The first-order chi connectivity index (χ1) is 5.52. The molecule has 0 bridgehead atoms. The Labute approximate surface area is 93.0 Å². The van der Waals surface area contributed by atoms with Crippen LogP contribution in [-0.2, 0) is 0 Å². The Hall–Kier alpha value is 0.517. The van der Waals surface area contributed by atoms with Crippen molar-refractivity contribution in [2.24, 2.45) is 11.5 Å². The maximum atomic E-state index is 5.69. The molecule has 0 heterocycles. The first kappa shape index (κ1) is 16.0. The molecule has 76 valence electrons. The molecule has 0 rings (SSSR count). The molecule has 0 aromatic rings. The van der Waals surface area contributed by atoms with E-state index >= 15 is 0 Å². The average molecular weight is 180 g/mol. The number of rotatable bonds is 2. The van der Waals surface area contributed by atoms with Crippen LogP contribution >= 0.6 is 0 Å². The molecule has 0 fully saturated rings. The van der Waals surface area contributed by atoms with Gasteiger partial charge in [-0.2, -0.15) is 0 Å². The molecule has 0 saturated heterocycles. The van der Waals surface area contributed by atoms with E-state index in [9.17, 15) is 0 Å². The van der Waals surface area contributed by atoms with Crippen LogP contribution in [0.1, 0.15) is 48.0 Å². The summed E-state index contributed by atoms with van der Waals surface area (Å²) in [5.41, 5.74) is 10.8. The molecular formula is C10H25LiN2. The standard InChI is InChI=1S/C6H16N2.C4H9.Li/c1-5(2,7)6(3,4)8;1-3-4-2;/h7-8H2,1-4H3;3H,4H2,1-2H3;. The van der Waals surface area contributed by atoms with Crippen LogP contribution in [0.25, 0.3) is 0 Å². The van der Waals surface area contributed by atoms with Gasteiger partial charge in [-0.1, -0.05) is 0 Å². The Balaban J connectivity index is 0. The Bertz CT molecular complexity index is 108. The molecule has 13 heavy (non-hydrogen) atoms. The molecule has 0 aromatic heterocycles. The molecule has 0 spiro atoms. The van der Waals surface area contributed by atoms with E-state index in [0.29, 0.717) is 0 Å². The van der Waals surface area contributed by atoms with Gasteiger partial charge in [0.05, 0.1) is 0 Å². The predicted molar refractivity (Wildman–Crippen MR) is 62.0 cm³/mol. The van der Waals surface area contributed by atoms with E-state index in [1.165, 1.54) is 6.42 Å². The van der Waals surface area contributed by atoms with Crippen molar-refractivity contribution in [3.63, 3.8) is 0 Å². The van der Waals surface area contributed by atoms with Gasteiger partial charge in [0.2, 0.25) is 0 Å². The van der Waals surface area contributed by atoms with Crippen molar-refractivity contribution < 1.29 is 0 Å². The Kier molecular flexibility index (Phi) is 7.47. The Morgan fingerprint density at radius 1 is 1.08 bits per heavy atom. The second kappa shape index (κ2) is 6.09. The zero-order valence-corrected chi connectivity index (χ0v) is 10.4. The van der Waals surface area contributed by atoms with Gasteiger partial charge >= 0.3 is 42.6 Å². The number of hydrogen-bond acceptors (Lipinski definition) is 2. The molecule has 1 unspecified atom stereocenters. The minimum atomic E-state index is -0.285. The van der Waals surface area contributed by atoms with Crippen LogP contribution in [0.3, 0.4) is 0 Å². The Morgan fingerprint density at radius 3 is 1.23 bits per heavy atom. The summed E-state index contributed by atoms with van der Waals surface area (Å²) in [6, 6.07) is 0. The second-order valence-corrected chi connectivity index (χ2v) is 5.25. The molecule has 4 N–H and O–H groups in total. The van der Waals surface area contributed by atoms with Crippen LogP contribution in [0.4, 0.5) is 0 Å². The van der Waals surface area contributed by atoms with Crippen molar-refractivity contribution >= 4 is 17.7 Å². The summed E-state index contributed by atoms with van der Waals surface area (Å²) in [6.45, 7) is 12.1. The van der Waals surface area contributed by atoms with Gasteiger partial charge in [-0.3, -0.25) is 0 Å². The van der Waals surface area contributed by atoms with E-state index < -0.39 is 0 Å². The first-order valence-electron chi connectivity index (χ1n) is 5.10. The molecule has 0 radical (unpaired) electrons. The molecule has 0 saturated carbocycles. The van der Waals surface area contributed by atoms with Crippen molar-refractivity contribution in [3.8, 4) is 0 Å². The molecule has 3 heteroatoms. The molecular weight excluding hydrogens is 155 g/mol. The van der Waals surface area contributed by atoms with Crippen molar-refractivity contribution in [1.29, 1.82) is 0 Å². The van der Waals surface area contributed by atoms with E-state index in [2.05, 4.69) is 31.6 Å². The molecule has 0 aliphatic heterocycles. The quantitative estimate of drug-likeness (QED) is 0.637. The number of nitrogens with two attached hydrogens (primary N) is 2. The van der Waals surface area contributed by atoms with Gasteiger partial charge in [0.25, 0.3) is 0 Å². The summed E-state index contributed by atoms with van der Waals surface area (Å²) in [4.78, 5) is 0. The van der Waals surface area contributed by atoms with Crippen LogP contribution in [-0.4, -0.2) is 28.8 Å². The number of hydrogen-bond donors (Lipinski definition) is 2. The van der Waals surface area contributed by atoms with Crippen molar-refractivity contribution in [2.75, 3.05) is 0 Å². The van der Waals surface area contributed by atoms with Gasteiger partial charge in [-0.05, 0) is 27.7 Å². The van der Waals surface area contributed by atoms with E-state index in [1.54, 1.807) is 0 Å². The third kappa shape index (κ3) is 10.4. The second-order valence-electron chi connectivity index (χ2n) is 5.25. The summed E-state index contributed by atoms with van der Waals surface area (Å²) in [6.07, 6.45) is 1.31. The van der Waals surface area contributed by atoms with Gasteiger partial charge in [-0.25, -0.2) is 0 Å². The van der Waals surface area contributed by atoms with Crippen molar-refractivity contribution in [2.45, 2.75) is 63.6 Å². The molecule has 0 aliphatic rings. The SMILES string of the molecule is CC(C)(N)C(C)(C)N.[Li][CH](C)CC. The average Bonchev–Trinajstić information content (AvgIpc) is 1.84. The molecule has 0 aliphatic carbocycles. The normalized spacial score (nSPS) is 14.6. The molecule has 0 amide bonds. The van der Waals surface area contributed by atoms with Crippen LogP contribution in [0.2, 0.25) is 4.59 Å². The third-order valence-corrected chi connectivity index (χ3v) is 2.48. The van der Waals surface area contributed by atoms with Crippen molar-refractivity contribution in [3.05, 3.63) is 0 Å². The molecule has 1 atom stereocenters. The first-order valence-corrected chi connectivity index (χ1v) is 5.10. The summed E-state index contributed by atoms with van der Waals surface area (Å²) < 4.78 is 0.884. The van der Waals surface area contributed by atoms with Gasteiger partial charge < -0.3 is 11.5 Å². The summed E-state index contributed by atoms with van der Waals surface area (Å²) in [5, 5.41) is 0. The van der Waals surface area contributed by atoms with Gasteiger partial charge in [-0.15, -0.1) is 0 Å². The van der Waals surface area contributed by atoms with Crippen LogP contribution in [0.5, 0.6) is 0 Å². The van der Waals surface area contributed by atoms with Gasteiger partial charge in [0, 0.05) is 11.1 Å². The molecule has 0 aromatic carbocycles. The van der Waals surface area contributed by atoms with E-state index in [0.717, 1.165) is 4.59 Å². The van der Waals surface area contributed by atoms with E-state index in [-0.39, 0.29) is 11.1 Å². The van der Waals surface area contributed by atoms with Crippen LogP contribution < -0.4 is 11.5 Å². The van der Waals surface area contributed by atoms with Crippen LogP contribution in [0, 0.1) is 0 Å². The monoisotopic (exact) mass is 180 g/mol. The maximum absolute atomic E-state index is 5.69. The fourth-order valence-corrected chi connectivity index (χ4v) is 0. The van der Waals surface area contributed by atoms with Gasteiger partial charge in [0.15, 0.2) is 0 Å². The molecule has 2 nitrogen and oxygen atoms in total. The Morgan fingerprint density at radius 2 is 1.23 bits per heavy atom. The predicted octanol–water partition coefficient (Wildman–Crippen LogP) is 1.83. The summed E-state index contributed by atoms with van der Waals surface area (Å²) in [5.74, 6) is 0. The zero-order valence-electron chi connectivity index (χ0n) is 10.4. The topological polar surface area (TPSA) is 52.0 Å².